The highest BCUT2D eigenvalue weighted by atomic mass is 16.4. The Morgan fingerprint density at radius 2 is 2.00 bits per heavy atom. The number of hydrogen-bond donors (Lipinski definition) is 3. The molecule has 19 heavy (non-hydrogen) atoms. The van der Waals surface area contributed by atoms with Gasteiger partial charge in [-0.25, -0.2) is 9.59 Å². The van der Waals surface area contributed by atoms with E-state index in [9.17, 15) is 14.7 Å². The average Bonchev–Trinajstić information content (AvgIpc) is 2.93. The third kappa shape index (κ3) is 3.18. The van der Waals surface area contributed by atoms with Gasteiger partial charge in [0.05, 0.1) is 6.10 Å². The number of aliphatic carboxylic acids is 1. The van der Waals surface area contributed by atoms with Gasteiger partial charge in [0.2, 0.25) is 0 Å². The van der Waals surface area contributed by atoms with Gasteiger partial charge in [-0.05, 0) is 18.3 Å². The first kappa shape index (κ1) is 14.1. The number of rotatable bonds is 3. The summed E-state index contributed by atoms with van der Waals surface area (Å²) in [5, 5.41) is 21.4. The number of carbonyl (C=O) groups excluding carboxylic acids is 1. The van der Waals surface area contributed by atoms with Crippen LogP contribution in [0.3, 0.4) is 0 Å². The lowest BCUT2D eigenvalue weighted by Gasteiger charge is -2.27. The van der Waals surface area contributed by atoms with Gasteiger partial charge < -0.3 is 20.4 Å². The molecule has 0 aromatic carbocycles. The van der Waals surface area contributed by atoms with Gasteiger partial charge in [-0.1, -0.05) is 19.8 Å². The number of carboxylic acids is 1. The molecule has 0 aromatic heterocycles. The zero-order chi connectivity index (χ0) is 14.0. The summed E-state index contributed by atoms with van der Waals surface area (Å²) in [7, 11) is 0. The molecule has 6 heteroatoms. The maximum absolute atomic E-state index is 12.0. The molecular weight excluding hydrogens is 248 g/mol. The van der Waals surface area contributed by atoms with E-state index in [1.807, 2.05) is 0 Å². The number of aliphatic hydroxyl groups is 1. The normalized spacial score (nSPS) is 29.5. The van der Waals surface area contributed by atoms with Gasteiger partial charge in [0, 0.05) is 19.5 Å². The van der Waals surface area contributed by atoms with Crippen LogP contribution in [0.1, 0.15) is 39.0 Å². The minimum absolute atomic E-state index is 0.0967. The van der Waals surface area contributed by atoms with E-state index in [0.29, 0.717) is 6.54 Å². The molecule has 0 radical (unpaired) electrons. The van der Waals surface area contributed by atoms with Crippen molar-refractivity contribution in [2.75, 3.05) is 13.1 Å². The van der Waals surface area contributed by atoms with Crippen LogP contribution in [0.4, 0.5) is 4.79 Å². The summed E-state index contributed by atoms with van der Waals surface area (Å²) in [6.07, 6.45) is 3.93. The van der Waals surface area contributed by atoms with Crippen molar-refractivity contribution in [3.63, 3.8) is 0 Å². The van der Waals surface area contributed by atoms with Crippen LogP contribution in [0, 0.1) is 5.41 Å². The third-order valence-electron chi connectivity index (χ3n) is 4.30. The van der Waals surface area contributed by atoms with Crippen molar-refractivity contribution in [1.29, 1.82) is 0 Å². The van der Waals surface area contributed by atoms with Crippen LogP contribution in [-0.2, 0) is 4.79 Å². The average molecular weight is 270 g/mol. The van der Waals surface area contributed by atoms with Crippen LogP contribution in [0.25, 0.3) is 0 Å². The first-order chi connectivity index (χ1) is 8.91. The Labute approximate surface area is 112 Å². The van der Waals surface area contributed by atoms with Crippen molar-refractivity contribution >= 4 is 12.0 Å². The summed E-state index contributed by atoms with van der Waals surface area (Å²) >= 11 is 0. The Morgan fingerprint density at radius 3 is 2.58 bits per heavy atom. The highest BCUT2D eigenvalue weighted by Crippen LogP contribution is 2.36. The van der Waals surface area contributed by atoms with E-state index in [-0.39, 0.29) is 24.4 Å². The van der Waals surface area contributed by atoms with Gasteiger partial charge >= 0.3 is 12.0 Å². The molecule has 0 aromatic rings. The van der Waals surface area contributed by atoms with Crippen LogP contribution in [0.15, 0.2) is 0 Å². The topological polar surface area (TPSA) is 89.9 Å². The molecule has 1 saturated heterocycles. The SMILES string of the molecule is CC1(CNC(=O)N2C[C@H](O)C[C@@H]2C(=O)O)CCCC1. The summed E-state index contributed by atoms with van der Waals surface area (Å²) in [5.41, 5.74) is 0.132. The van der Waals surface area contributed by atoms with Gasteiger partial charge in [-0.2, -0.15) is 0 Å². The van der Waals surface area contributed by atoms with Crippen LogP contribution >= 0.6 is 0 Å². The fourth-order valence-corrected chi connectivity index (χ4v) is 3.07. The minimum Gasteiger partial charge on any atom is -0.480 e. The Balaban J connectivity index is 1.90. The van der Waals surface area contributed by atoms with Gasteiger partial charge in [0.25, 0.3) is 0 Å². The molecule has 2 fully saturated rings. The Hall–Kier alpha value is -1.30. The number of aliphatic hydroxyl groups excluding tert-OH is 1. The molecule has 2 amide bonds. The van der Waals surface area contributed by atoms with Crippen LogP contribution in [0.2, 0.25) is 0 Å². The molecule has 0 unspecified atom stereocenters. The van der Waals surface area contributed by atoms with Crippen molar-refractivity contribution in [2.45, 2.75) is 51.2 Å². The summed E-state index contributed by atoms with van der Waals surface area (Å²) in [5.74, 6) is -1.06. The van der Waals surface area contributed by atoms with Crippen LogP contribution in [0.5, 0.6) is 0 Å². The Bertz CT molecular complexity index is 366. The summed E-state index contributed by atoms with van der Waals surface area (Å²) in [6.45, 7) is 2.82. The Morgan fingerprint density at radius 1 is 1.37 bits per heavy atom. The number of amides is 2. The molecule has 0 spiro atoms. The lowest BCUT2D eigenvalue weighted by molar-refractivity contribution is -0.141. The van der Waals surface area contributed by atoms with Crippen molar-refractivity contribution < 1.29 is 19.8 Å². The quantitative estimate of drug-likeness (QED) is 0.707. The molecule has 1 heterocycles. The first-order valence-corrected chi connectivity index (χ1v) is 6.87. The highest BCUT2D eigenvalue weighted by molar-refractivity contribution is 5.83. The molecule has 6 nitrogen and oxygen atoms in total. The molecule has 1 saturated carbocycles. The fourth-order valence-electron chi connectivity index (χ4n) is 3.07. The minimum atomic E-state index is -1.06. The smallest absolute Gasteiger partial charge is 0.326 e. The summed E-state index contributed by atoms with van der Waals surface area (Å²) < 4.78 is 0. The molecular formula is C13H22N2O4. The van der Waals surface area contributed by atoms with Crippen molar-refractivity contribution in [3.05, 3.63) is 0 Å². The first-order valence-electron chi connectivity index (χ1n) is 6.87. The lowest BCUT2D eigenvalue weighted by atomic mass is 9.89. The fraction of sp³-hybridized carbons (Fsp3) is 0.846. The Kier molecular flexibility index (Phi) is 3.99. The van der Waals surface area contributed by atoms with E-state index in [1.165, 1.54) is 17.7 Å². The second-order valence-corrected chi connectivity index (χ2v) is 6.07. The van der Waals surface area contributed by atoms with Gasteiger partial charge in [0.1, 0.15) is 6.04 Å². The molecule has 3 N–H and O–H groups in total. The standard InChI is InChI=1S/C13H22N2O4/c1-13(4-2-3-5-13)8-14-12(19)15-7-9(16)6-10(15)11(17)18/h9-10,16H,2-8H2,1H3,(H,14,19)(H,17,18)/t9-,10-/m1/s1. The molecule has 0 bridgehead atoms. The monoisotopic (exact) mass is 270 g/mol. The van der Waals surface area contributed by atoms with Gasteiger partial charge in [-0.15, -0.1) is 0 Å². The van der Waals surface area contributed by atoms with E-state index in [1.54, 1.807) is 0 Å². The number of urea groups is 1. The second kappa shape index (κ2) is 5.36. The van der Waals surface area contributed by atoms with E-state index < -0.39 is 18.1 Å². The number of nitrogens with zero attached hydrogens (tertiary/aromatic N) is 1. The summed E-state index contributed by atoms with van der Waals surface area (Å²) in [4.78, 5) is 24.3. The summed E-state index contributed by atoms with van der Waals surface area (Å²) in [6, 6.07) is -1.29. The van der Waals surface area contributed by atoms with Gasteiger partial charge in [-0.3, -0.25) is 0 Å². The number of hydrogen-bond acceptors (Lipinski definition) is 3. The van der Waals surface area contributed by atoms with Crippen molar-refractivity contribution in [1.82, 2.24) is 10.2 Å². The largest absolute Gasteiger partial charge is 0.480 e. The molecule has 108 valence electrons. The predicted molar refractivity (Wildman–Crippen MR) is 68.7 cm³/mol. The number of carbonyl (C=O) groups is 2. The number of likely N-dealkylation sites (tertiary alicyclic amines) is 1. The maximum atomic E-state index is 12.0. The number of nitrogens with one attached hydrogen (secondary N) is 1. The number of β-amino-alcohol motifs (C(OH)–C–C–N with tert-alkyl or cyclic N) is 1. The third-order valence-corrected chi connectivity index (χ3v) is 4.30. The zero-order valence-electron chi connectivity index (χ0n) is 11.3. The second-order valence-electron chi connectivity index (χ2n) is 6.07. The van der Waals surface area contributed by atoms with Crippen LogP contribution in [-0.4, -0.2) is 52.3 Å². The van der Waals surface area contributed by atoms with E-state index in [0.717, 1.165) is 12.8 Å². The molecule has 2 atom stereocenters. The van der Waals surface area contributed by atoms with E-state index >= 15 is 0 Å². The molecule has 2 rings (SSSR count). The van der Waals surface area contributed by atoms with E-state index in [4.69, 9.17) is 5.11 Å². The number of carboxylic acid groups (broad SMARTS) is 1. The van der Waals surface area contributed by atoms with Gasteiger partial charge in [0.15, 0.2) is 0 Å². The zero-order valence-corrected chi connectivity index (χ0v) is 11.3. The van der Waals surface area contributed by atoms with E-state index in [2.05, 4.69) is 12.2 Å². The molecule has 2 aliphatic rings. The highest BCUT2D eigenvalue weighted by Gasteiger charge is 2.39. The lowest BCUT2D eigenvalue weighted by Crippen LogP contribution is -2.48. The predicted octanol–water partition coefficient (Wildman–Crippen LogP) is 0.796. The van der Waals surface area contributed by atoms with Crippen LogP contribution < -0.4 is 5.32 Å². The van der Waals surface area contributed by atoms with Crippen molar-refractivity contribution in [2.24, 2.45) is 5.41 Å². The molecule has 1 aliphatic heterocycles. The van der Waals surface area contributed by atoms with Crippen molar-refractivity contribution in [3.8, 4) is 0 Å². The maximum Gasteiger partial charge on any atom is 0.326 e. The molecule has 1 aliphatic carbocycles.